The van der Waals surface area contributed by atoms with Gasteiger partial charge in [0.2, 0.25) is 0 Å². The molecule has 0 aromatic heterocycles. The lowest BCUT2D eigenvalue weighted by Crippen LogP contribution is -2.34. The monoisotopic (exact) mass is 196 g/mol. The van der Waals surface area contributed by atoms with Crippen molar-refractivity contribution in [3.8, 4) is 0 Å². The maximum absolute atomic E-state index is 10.9. The average molecular weight is 196 g/mol. The van der Waals surface area contributed by atoms with E-state index < -0.39 is 24.1 Å². The lowest BCUT2D eigenvalue weighted by atomic mass is 10.1. The maximum atomic E-state index is 10.9. The Morgan fingerprint density at radius 3 is 2.93 bits per heavy atom. The number of hydrogen-bond donors (Lipinski definition) is 0. The van der Waals surface area contributed by atoms with Gasteiger partial charge >= 0.3 is 11.9 Å². The second-order valence-corrected chi connectivity index (χ2v) is 2.86. The average Bonchev–Trinajstić information content (AvgIpc) is 2.09. The van der Waals surface area contributed by atoms with Gasteiger partial charge in [0.05, 0.1) is 0 Å². The molecule has 1 rings (SSSR count). The highest BCUT2D eigenvalue weighted by Crippen LogP contribution is 2.13. The smallest absolute Gasteiger partial charge is 0.331 e. The van der Waals surface area contributed by atoms with Crippen LogP contribution in [0.4, 0.5) is 0 Å². The zero-order valence-corrected chi connectivity index (χ0v) is 8.10. The third-order valence-corrected chi connectivity index (χ3v) is 1.68. The Hall–Kier alpha value is -1.58. The van der Waals surface area contributed by atoms with E-state index in [0.717, 1.165) is 0 Å². The molecule has 4 heteroatoms. The van der Waals surface area contributed by atoms with E-state index in [1.54, 1.807) is 19.1 Å². The van der Waals surface area contributed by atoms with Crippen molar-refractivity contribution in [3.05, 3.63) is 24.3 Å². The van der Waals surface area contributed by atoms with E-state index in [-0.39, 0.29) is 0 Å². The van der Waals surface area contributed by atoms with E-state index in [0.29, 0.717) is 0 Å². The lowest BCUT2D eigenvalue weighted by Gasteiger charge is -2.24. The highest BCUT2D eigenvalue weighted by atomic mass is 16.6. The number of hydrogen-bond acceptors (Lipinski definition) is 4. The van der Waals surface area contributed by atoms with Crippen LogP contribution in [0.15, 0.2) is 24.3 Å². The molecule has 1 aliphatic heterocycles. The molecule has 0 saturated carbocycles. The summed E-state index contributed by atoms with van der Waals surface area (Å²) in [6.07, 6.45) is 5.18. The van der Waals surface area contributed by atoms with Crippen LogP contribution in [0, 0.1) is 0 Å². The summed E-state index contributed by atoms with van der Waals surface area (Å²) in [5, 5.41) is 0. The Bertz CT molecular complexity index is 290. The molecular formula is C10H12O4. The third kappa shape index (κ3) is 2.73. The number of carbonyl (C=O) groups is 2. The van der Waals surface area contributed by atoms with Gasteiger partial charge in [0.25, 0.3) is 0 Å². The van der Waals surface area contributed by atoms with Gasteiger partial charge in [-0.25, -0.2) is 4.79 Å². The predicted molar refractivity (Wildman–Crippen MR) is 49.4 cm³/mol. The number of esters is 2. The first-order chi connectivity index (χ1) is 6.63. The van der Waals surface area contributed by atoms with Crippen LogP contribution in [0.2, 0.25) is 0 Å². The minimum absolute atomic E-state index is 0.396. The van der Waals surface area contributed by atoms with Gasteiger partial charge < -0.3 is 9.47 Å². The van der Waals surface area contributed by atoms with Gasteiger partial charge in [0.1, 0.15) is 0 Å². The molecule has 0 unspecified atom stereocenters. The van der Waals surface area contributed by atoms with Crippen molar-refractivity contribution >= 4 is 11.9 Å². The molecule has 0 N–H and O–H groups in total. The summed E-state index contributed by atoms with van der Waals surface area (Å²) in [5.74, 6) is -0.816. The molecule has 0 saturated heterocycles. The van der Waals surface area contributed by atoms with Gasteiger partial charge in [-0.2, -0.15) is 0 Å². The van der Waals surface area contributed by atoms with Gasteiger partial charge in [-0.3, -0.25) is 4.79 Å². The highest BCUT2D eigenvalue weighted by molar-refractivity contribution is 5.83. The van der Waals surface area contributed by atoms with Gasteiger partial charge in [-0.1, -0.05) is 6.08 Å². The van der Waals surface area contributed by atoms with E-state index in [1.165, 1.54) is 19.1 Å². The van der Waals surface area contributed by atoms with E-state index in [4.69, 9.17) is 9.47 Å². The summed E-state index contributed by atoms with van der Waals surface area (Å²) in [6.45, 7) is 3.12. The van der Waals surface area contributed by atoms with Gasteiger partial charge in [0, 0.05) is 13.0 Å². The largest absolute Gasteiger partial charge is 0.454 e. The molecule has 0 spiro atoms. The first-order valence-electron chi connectivity index (χ1n) is 4.32. The maximum Gasteiger partial charge on any atom is 0.331 e. The van der Waals surface area contributed by atoms with E-state index in [2.05, 4.69) is 0 Å². The van der Waals surface area contributed by atoms with Crippen LogP contribution in [0.5, 0.6) is 0 Å². The topological polar surface area (TPSA) is 52.6 Å². The summed E-state index contributed by atoms with van der Waals surface area (Å²) in [7, 11) is 0. The fraction of sp³-hybridized carbons (Fsp3) is 0.400. The quantitative estimate of drug-likeness (QED) is 0.488. The molecule has 76 valence electrons. The van der Waals surface area contributed by atoms with Crippen LogP contribution in [0.3, 0.4) is 0 Å². The molecule has 0 aliphatic carbocycles. The zero-order valence-electron chi connectivity index (χ0n) is 8.10. The van der Waals surface area contributed by atoms with Crippen molar-refractivity contribution in [2.45, 2.75) is 26.1 Å². The van der Waals surface area contributed by atoms with Crippen molar-refractivity contribution in [2.75, 3.05) is 0 Å². The van der Waals surface area contributed by atoms with Crippen LogP contribution in [-0.4, -0.2) is 24.1 Å². The van der Waals surface area contributed by atoms with Crippen LogP contribution >= 0.6 is 0 Å². The Balaban J connectivity index is 2.73. The molecule has 0 aromatic carbocycles. The molecule has 2 atom stereocenters. The highest BCUT2D eigenvalue weighted by Gasteiger charge is 2.26. The molecule has 0 radical (unpaired) electrons. The van der Waals surface area contributed by atoms with Crippen molar-refractivity contribution in [1.82, 2.24) is 0 Å². The summed E-state index contributed by atoms with van der Waals surface area (Å²) in [4.78, 5) is 21.6. The molecule has 1 heterocycles. The van der Waals surface area contributed by atoms with Gasteiger partial charge in [-0.05, 0) is 19.1 Å². The summed E-state index contributed by atoms with van der Waals surface area (Å²) in [5.41, 5.74) is 0. The van der Waals surface area contributed by atoms with Crippen LogP contribution in [0.25, 0.3) is 0 Å². The molecule has 0 aromatic rings. The van der Waals surface area contributed by atoms with Crippen molar-refractivity contribution < 1.29 is 19.1 Å². The third-order valence-electron chi connectivity index (χ3n) is 1.68. The van der Waals surface area contributed by atoms with Gasteiger partial charge in [0.15, 0.2) is 12.2 Å². The normalized spacial score (nSPS) is 26.3. The summed E-state index contributed by atoms with van der Waals surface area (Å²) in [6, 6.07) is 0. The summed E-state index contributed by atoms with van der Waals surface area (Å²) < 4.78 is 9.90. The number of allylic oxidation sites excluding steroid dienone is 1. The molecule has 0 amide bonds. The number of rotatable bonds is 2. The van der Waals surface area contributed by atoms with Crippen LogP contribution in [0.1, 0.15) is 13.8 Å². The van der Waals surface area contributed by atoms with Crippen LogP contribution < -0.4 is 0 Å². The summed E-state index contributed by atoms with van der Waals surface area (Å²) >= 11 is 0. The first-order valence-corrected chi connectivity index (χ1v) is 4.32. The Kier molecular flexibility index (Phi) is 3.45. The molecular weight excluding hydrogens is 184 g/mol. The molecule has 0 fully saturated rings. The van der Waals surface area contributed by atoms with Crippen LogP contribution in [-0.2, 0) is 19.1 Å². The fourth-order valence-electron chi connectivity index (χ4n) is 1.16. The fourth-order valence-corrected chi connectivity index (χ4v) is 1.16. The molecule has 14 heavy (non-hydrogen) atoms. The molecule has 4 nitrogen and oxygen atoms in total. The minimum Gasteiger partial charge on any atom is -0.454 e. The molecule has 1 aliphatic rings. The SMILES string of the molecule is C/C=C/[C@H]1OC(=O)C=C[C@H]1OC(C)=O. The lowest BCUT2D eigenvalue weighted by molar-refractivity contribution is -0.158. The van der Waals surface area contributed by atoms with Crippen molar-refractivity contribution in [3.63, 3.8) is 0 Å². The second-order valence-electron chi connectivity index (χ2n) is 2.86. The Labute approximate surface area is 82.2 Å². The molecule has 0 bridgehead atoms. The van der Waals surface area contributed by atoms with E-state index in [1.807, 2.05) is 0 Å². The Morgan fingerprint density at radius 2 is 2.36 bits per heavy atom. The second kappa shape index (κ2) is 4.60. The Morgan fingerprint density at radius 1 is 1.64 bits per heavy atom. The zero-order chi connectivity index (χ0) is 10.6. The van der Waals surface area contributed by atoms with Crippen molar-refractivity contribution in [2.24, 2.45) is 0 Å². The number of cyclic esters (lactones) is 1. The standard InChI is InChI=1S/C10H12O4/c1-3-4-8-9(13-7(2)11)5-6-10(12)14-8/h3-6,8-9H,1-2H3/b4-3+/t8-,9-/m1/s1. The van der Waals surface area contributed by atoms with Gasteiger partial charge in [-0.15, -0.1) is 0 Å². The predicted octanol–water partition coefficient (Wildman–Crippen LogP) is 0.976. The minimum atomic E-state index is -0.513. The van der Waals surface area contributed by atoms with Crippen molar-refractivity contribution in [1.29, 1.82) is 0 Å². The number of carbonyl (C=O) groups excluding carboxylic acids is 2. The number of ether oxygens (including phenoxy) is 2. The first kappa shape index (κ1) is 10.5. The van der Waals surface area contributed by atoms with E-state index >= 15 is 0 Å². The van der Waals surface area contributed by atoms with E-state index in [9.17, 15) is 9.59 Å².